The summed E-state index contributed by atoms with van der Waals surface area (Å²) in [5, 5.41) is 8.75. The molecule has 0 aliphatic heterocycles. The van der Waals surface area contributed by atoms with E-state index in [0.29, 0.717) is 17.1 Å². The number of methoxy groups -OCH3 is 2. The van der Waals surface area contributed by atoms with Crippen LogP contribution in [-0.4, -0.2) is 39.5 Å². The van der Waals surface area contributed by atoms with Crippen LogP contribution in [0, 0.1) is 18.3 Å². The van der Waals surface area contributed by atoms with Crippen molar-refractivity contribution in [1.29, 1.82) is 5.26 Å². The fourth-order valence-corrected chi connectivity index (χ4v) is 4.30. The molecule has 0 heterocycles. The molecule has 1 aliphatic carbocycles. The molecule has 0 unspecified atom stereocenters. The lowest BCUT2D eigenvalue weighted by Crippen LogP contribution is -2.34. The molecule has 1 fully saturated rings. The van der Waals surface area contributed by atoms with E-state index < -0.39 is 10.0 Å². The highest BCUT2D eigenvalue weighted by atomic mass is 32.2. The van der Waals surface area contributed by atoms with Crippen LogP contribution in [0.15, 0.2) is 17.0 Å². The lowest BCUT2D eigenvalue weighted by Gasteiger charge is -2.22. The van der Waals surface area contributed by atoms with Crippen molar-refractivity contribution < 1.29 is 17.9 Å². The summed E-state index contributed by atoms with van der Waals surface area (Å²) in [6.45, 7) is 1.95. The van der Waals surface area contributed by atoms with E-state index in [1.54, 1.807) is 13.0 Å². The van der Waals surface area contributed by atoms with Gasteiger partial charge in [0.05, 0.1) is 25.2 Å². The van der Waals surface area contributed by atoms with Gasteiger partial charge in [0.1, 0.15) is 0 Å². The van der Waals surface area contributed by atoms with Crippen LogP contribution in [0.25, 0.3) is 0 Å². The largest absolute Gasteiger partial charge is 0.493 e. The van der Waals surface area contributed by atoms with Gasteiger partial charge in [0, 0.05) is 25.1 Å². The summed E-state index contributed by atoms with van der Waals surface area (Å²) in [6, 6.07) is 5.16. The Morgan fingerprint density at radius 1 is 1.27 bits per heavy atom. The van der Waals surface area contributed by atoms with Crippen molar-refractivity contribution in [1.82, 2.24) is 4.31 Å². The van der Waals surface area contributed by atoms with Gasteiger partial charge in [-0.3, -0.25) is 0 Å². The van der Waals surface area contributed by atoms with Crippen LogP contribution in [0.4, 0.5) is 0 Å². The standard InChI is InChI=1S/C15H20N2O4S/c1-11-9-13(20-2)14(21-3)10-15(11)22(18,19)17(8-4-7-16)12-5-6-12/h9-10,12H,4-6,8H2,1-3H3. The summed E-state index contributed by atoms with van der Waals surface area (Å²) in [7, 11) is -0.673. The SMILES string of the molecule is COc1cc(C)c(S(=O)(=O)N(CCC#N)C2CC2)cc1OC. The maximum Gasteiger partial charge on any atom is 0.243 e. The van der Waals surface area contributed by atoms with Crippen molar-refractivity contribution in [2.75, 3.05) is 20.8 Å². The smallest absolute Gasteiger partial charge is 0.243 e. The summed E-state index contributed by atoms with van der Waals surface area (Å²) in [4.78, 5) is 0.204. The maximum atomic E-state index is 12.9. The van der Waals surface area contributed by atoms with Gasteiger partial charge < -0.3 is 9.47 Å². The molecule has 1 aliphatic rings. The van der Waals surface area contributed by atoms with Crippen LogP contribution in [0.1, 0.15) is 24.8 Å². The van der Waals surface area contributed by atoms with Crippen molar-refractivity contribution in [3.63, 3.8) is 0 Å². The lowest BCUT2D eigenvalue weighted by molar-refractivity contribution is 0.353. The molecule has 120 valence electrons. The Kier molecular flexibility index (Phi) is 4.94. The van der Waals surface area contributed by atoms with Gasteiger partial charge in [-0.15, -0.1) is 0 Å². The number of ether oxygens (including phenoxy) is 2. The molecule has 0 saturated heterocycles. The number of nitrogens with zero attached hydrogens (tertiary/aromatic N) is 2. The Morgan fingerprint density at radius 2 is 1.86 bits per heavy atom. The zero-order valence-electron chi connectivity index (χ0n) is 13.0. The first kappa shape index (κ1) is 16.6. The highest BCUT2D eigenvalue weighted by Crippen LogP contribution is 2.37. The fraction of sp³-hybridized carbons (Fsp3) is 0.533. The van der Waals surface area contributed by atoms with Gasteiger partial charge in [-0.1, -0.05) is 0 Å². The predicted molar refractivity (Wildman–Crippen MR) is 81.4 cm³/mol. The highest BCUT2D eigenvalue weighted by molar-refractivity contribution is 7.89. The van der Waals surface area contributed by atoms with Crippen LogP contribution in [-0.2, 0) is 10.0 Å². The first-order valence-electron chi connectivity index (χ1n) is 7.07. The zero-order valence-corrected chi connectivity index (χ0v) is 13.8. The molecule has 2 rings (SSSR count). The van der Waals surface area contributed by atoms with E-state index in [-0.39, 0.29) is 23.9 Å². The Hall–Kier alpha value is -1.78. The average molecular weight is 324 g/mol. The molecule has 22 heavy (non-hydrogen) atoms. The van der Waals surface area contributed by atoms with E-state index in [1.165, 1.54) is 24.6 Å². The third-order valence-corrected chi connectivity index (χ3v) is 5.76. The molecule has 0 aromatic heterocycles. The second kappa shape index (κ2) is 6.55. The Balaban J connectivity index is 2.45. The maximum absolute atomic E-state index is 12.9. The third kappa shape index (κ3) is 3.18. The first-order valence-corrected chi connectivity index (χ1v) is 8.51. The molecule has 0 radical (unpaired) electrons. The summed E-state index contributed by atoms with van der Waals surface area (Å²) in [5.74, 6) is 0.872. The summed E-state index contributed by atoms with van der Waals surface area (Å²) < 4.78 is 37.7. The van der Waals surface area contributed by atoms with E-state index in [0.717, 1.165) is 12.8 Å². The molecule has 1 aromatic carbocycles. The molecule has 6 nitrogen and oxygen atoms in total. The summed E-state index contributed by atoms with van der Waals surface area (Å²) in [5.41, 5.74) is 0.597. The molecular weight excluding hydrogens is 304 g/mol. The van der Waals surface area contributed by atoms with Crippen molar-refractivity contribution in [3.05, 3.63) is 17.7 Å². The monoisotopic (exact) mass is 324 g/mol. The van der Waals surface area contributed by atoms with Crippen LogP contribution in [0.5, 0.6) is 11.5 Å². The van der Waals surface area contributed by atoms with Crippen molar-refractivity contribution in [3.8, 4) is 17.6 Å². The summed E-state index contributed by atoms with van der Waals surface area (Å²) in [6.07, 6.45) is 1.87. The molecule has 0 bridgehead atoms. The summed E-state index contributed by atoms with van der Waals surface area (Å²) >= 11 is 0. The number of hydrogen-bond donors (Lipinski definition) is 0. The highest BCUT2D eigenvalue weighted by Gasteiger charge is 2.38. The molecule has 0 N–H and O–H groups in total. The van der Waals surface area contributed by atoms with Gasteiger partial charge in [0.25, 0.3) is 0 Å². The van der Waals surface area contributed by atoms with E-state index in [4.69, 9.17) is 14.7 Å². The zero-order chi connectivity index (χ0) is 16.3. The van der Waals surface area contributed by atoms with Gasteiger partial charge in [-0.25, -0.2) is 8.42 Å². The van der Waals surface area contributed by atoms with Crippen molar-refractivity contribution in [2.24, 2.45) is 0 Å². The lowest BCUT2D eigenvalue weighted by atomic mass is 10.2. The molecular formula is C15H20N2O4S. The number of benzene rings is 1. The number of aryl methyl sites for hydroxylation is 1. The van der Waals surface area contributed by atoms with Gasteiger partial charge in [0.2, 0.25) is 10.0 Å². The number of rotatable bonds is 7. The normalized spacial score (nSPS) is 14.7. The second-order valence-corrected chi connectivity index (χ2v) is 7.09. The Labute approximate surface area is 131 Å². The van der Waals surface area contributed by atoms with Gasteiger partial charge in [-0.2, -0.15) is 9.57 Å². The molecule has 1 aromatic rings. The van der Waals surface area contributed by atoms with Crippen LogP contribution in [0.2, 0.25) is 0 Å². The van der Waals surface area contributed by atoms with Gasteiger partial charge >= 0.3 is 0 Å². The number of sulfonamides is 1. The molecule has 0 amide bonds. The first-order chi connectivity index (χ1) is 10.5. The molecule has 0 spiro atoms. The van der Waals surface area contributed by atoms with Crippen LogP contribution in [0.3, 0.4) is 0 Å². The average Bonchev–Trinajstić information content (AvgIpc) is 3.31. The number of nitriles is 1. The second-order valence-electron chi connectivity index (χ2n) is 5.23. The van der Waals surface area contributed by atoms with Crippen molar-refractivity contribution >= 4 is 10.0 Å². The van der Waals surface area contributed by atoms with Crippen LogP contribution >= 0.6 is 0 Å². The van der Waals surface area contributed by atoms with E-state index in [2.05, 4.69) is 0 Å². The van der Waals surface area contributed by atoms with Crippen molar-refractivity contribution in [2.45, 2.75) is 37.1 Å². The molecule has 0 atom stereocenters. The minimum atomic E-state index is -3.65. The van der Waals surface area contributed by atoms with Gasteiger partial charge in [-0.05, 0) is 31.4 Å². The molecule has 1 saturated carbocycles. The fourth-order valence-electron chi connectivity index (χ4n) is 2.39. The van der Waals surface area contributed by atoms with E-state index in [1.807, 2.05) is 6.07 Å². The quantitative estimate of drug-likeness (QED) is 0.767. The van der Waals surface area contributed by atoms with E-state index >= 15 is 0 Å². The topological polar surface area (TPSA) is 79.6 Å². The van der Waals surface area contributed by atoms with E-state index in [9.17, 15) is 8.42 Å². The third-order valence-electron chi connectivity index (χ3n) is 3.67. The number of hydrogen-bond acceptors (Lipinski definition) is 5. The van der Waals surface area contributed by atoms with Crippen LogP contribution < -0.4 is 9.47 Å². The minimum absolute atomic E-state index is 0.00541. The van der Waals surface area contributed by atoms with Gasteiger partial charge in [0.15, 0.2) is 11.5 Å². The Bertz CT molecular complexity index is 690. The predicted octanol–water partition coefficient (Wildman–Crippen LogP) is 2.08. The minimum Gasteiger partial charge on any atom is -0.493 e. The Morgan fingerprint density at radius 3 is 2.36 bits per heavy atom. The molecule has 7 heteroatoms.